The van der Waals surface area contributed by atoms with Gasteiger partial charge in [0, 0.05) is 37.3 Å². The molecule has 2 aliphatic rings. The Kier molecular flexibility index (Phi) is 4.51. The first kappa shape index (κ1) is 16.8. The van der Waals surface area contributed by atoms with Crippen LogP contribution in [0.25, 0.3) is 0 Å². The van der Waals surface area contributed by atoms with Crippen molar-refractivity contribution in [1.82, 2.24) is 4.90 Å². The van der Waals surface area contributed by atoms with E-state index in [4.69, 9.17) is 0 Å². The van der Waals surface area contributed by atoms with Crippen molar-refractivity contribution in [3.05, 3.63) is 29.3 Å². The molecule has 0 saturated carbocycles. The largest absolute Gasteiger partial charge is 0.416 e. The van der Waals surface area contributed by atoms with Gasteiger partial charge in [0.25, 0.3) is 5.91 Å². The molecule has 0 bridgehead atoms. The van der Waals surface area contributed by atoms with Crippen LogP contribution < -0.4 is 4.90 Å². The van der Waals surface area contributed by atoms with Gasteiger partial charge in [0.15, 0.2) is 0 Å². The van der Waals surface area contributed by atoms with Crippen molar-refractivity contribution in [2.45, 2.75) is 38.3 Å². The molecular weight excluding hydrogens is 321 g/mol. The number of nitrogens with zero attached hydrogens (tertiary/aromatic N) is 2. The Balaban J connectivity index is 1.98. The average Bonchev–Trinajstić information content (AvgIpc) is 3.00. The summed E-state index contributed by atoms with van der Waals surface area (Å²) < 4.78 is 39.6. The molecule has 130 valence electrons. The summed E-state index contributed by atoms with van der Waals surface area (Å²) >= 11 is 0. The number of anilines is 1. The highest BCUT2D eigenvalue weighted by Gasteiger charge is 2.34. The van der Waals surface area contributed by atoms with Crippen molar-refractivity contribution in [3.8, 4) is 0 Å². The maximum Gasteiger partial charge on any atom is 0.416 e. The van der Waals surface area contributed by atoms with Crippen molar-refractivity contribution in [2.24, 2.45) is 0 Å². The first-order valence-corrected chi connectivity index (χ1v) is 8.18. The Bertz CT molecular complexity index is 652. The summed E-state index contributed by atoms with van der Waals surface area (Å²) in [5.74, 6) is -0.598. The molecule has 2 amide bonds. The van der Waals surface area contributed by atoms with Gasteiger partial charge in [0.1, 0.15) is 0 Å². The van der Waals surface area contributed by atoms with E-state index < -0.39 is 17.6 Å². The molecule has 2 fully saturated rings. The summed E-state index contributed by atoms with van der Waals surface area (Å²) in [5.41, 5.74) is -0.728. The predicted octanol–water partition coefficient (Wildman–Crippen LogP) is 3.46. The van der Waals surface area contributed by atoms with Crippen LogP contribution in [-0.4, -0.2) is 36.3 Å². The second-order valence-corrected chi connectivity index (χ2v) is 6.27. The monoisotopic (exact) mass is 340 g/mol. The van der Waals surface area contributed by atoms with Gasteiger partial charge in [-0.15, -0.1) is 0 Å². The predicted molar refractivity (Wildman–Crippen MR) is 82.8 cm³/mol. The van der Waals surface area contributed by atoms with E-state index in [1.165, 1.54) is 11.0 Å². The molecule has 4 nitrogen and oxygen atoms in total. The molecule has 0 radical (unpaired) electrons. The van der Waals surface area contributed by atoms with Gasteiger partial charge >= 0.3 is 6.18 Å². The van der Waals surface area contributed by atoms with Crippen LogP contribution in [0.3, 0.4) is 0 Å². The van der Waals surface area contributed by atoms with Gasteiger partial charge in [-0.25, -0.2) is 0 Å². The van der Waals surface area contributed by atoms with Gasteiger partial charge in [0.05, 0.1) is 5.56 Å². The fourth-order valence-corrected chi connectivity index (χ4v) is 3.25. The molecule has 0 aliphatic carbocycles. The number of carbonyl (C=O) groups is 2. The molecule has 1 aromatic rings. The lowest BCUT2D eigenvalue weighted by Gasteiger charge is -2.27. The number of hydrogen-bond acceptors (Lipinski definition) is 2. The quantitative estimate of drug-likeness (QED) is 0.827. The second-order valence-electron chi connectivity index (χ2n) is 6.27. The number of hydrogen-bond donors (Lipinski definition) is 0. The smallest absolute Gasteiger partial charge is 0.339 e. The van der Waals surface area contributed by atoms with E-state index in [2.05, 4.69) is 0 Å². The number of alkyl halides is 3. The maximum absolute atomic E-state index is 13.2. The molecule has 0 N–H and O–H groups in total. The Morgan fingerprint density at radius 1 is 0.958 bits per heavy atom. The highest BCUT2D eigenvalue weighted by molar-refractivity contribution is 5.99. The topological polar surface area (TPSA) is 40.6 Å². The van der Waals surface area contributed by atoms with E-state index in [9.17, 15) is 22.8 Å². The Labute approximate surface area is 138 Å². The molecule has 0 spiro atoms. The first-order chi connectivity index (χ1) is 11.4. The van der Waals surface area contributed by atoms with Crippen LogP contribution in [0.1, 0.15) is 48.0 Å². The summed E-state index contributed by atoms with van der Waals surface area (Å²) in [7, 11) is 0. The number of benzene rings is 1. The minimum atomic E-state index is -4.56. The lowest BCUT2D eigenvalue weighted by Crippen LogP contribution is -2.36. The van der Waals surface area contributed by atoms with E-state index >= 15 is 0 Å². The Hall–Kier alpha value is -2.05. The third kappa shape index (κ3) is 3.39. The normalized spacial score (nSPS) is 19.0. The van der Waals surface area contributed by atoms with E-state index in [1.807, 2.05) is 0 Å². The lowest BCUT2D eigenvalue weighted by atomic mass is 10.0. The number of halogens is 3. The summed E-state index contributed by atoms with van der Waals surface area (Å²) in [4.78, 5) is 27.4. The van der Waals surface area contributed by atoms with Crippen LogP contribution >= 0.6 is 0 Å². The molecule has 24 heavy (non-hydrogen) atoms. The summed E-state index contributed by atoms with van der Waals surface area (Å²) in [5, 5.41) is 0. The zero-order valence-electron chi connectivity index (χ0n) is 13.2. The number of rotatable bonds is 2. The first-order valence-electron chi connectivity index (χ1n) is 8.18. The van der Waals surface area contributed by atoms with Crippen LogP contribution in [0, 0.1) is 0 Å². The highest BCUT2D eigenvalue weighted by Crippen LogP contribution is 2.34. The van der Waals surface area contributed by atoms with Crippen molar-refractivity contribution < 1.29 is 22.8 Å². The molecule has 2 aliphatic heterocycles. The molecule has 0 aromatic heterocycles. The van der Waals surface area contributed by atoms with Gasteiger partial charge in [-0.1, -0.05) is 0 Å². The standard InChI is InChI=1S/C17H19F3N2O2/c18-17(19,20)13-9-12(16(24)21-6-2-1-3-7-21)10-14(11-13)22-8-4-5-15(22)23/h9-11H,1-8H2. The van der Waals surface area contributed by atoms with E-state index in [0.29, 0.717) is 32.5 Å². The van der Waals surface area contributed by atoms with Gasteiger partial charge in [0.2, 0.25) is 5.91 Å². The zero-order chi connectivity index (χ0) is 17.3. The average molecular weight is 340 g/mol. The van der Waals surface area contributed by atoms with Gasteiger partial charge in [-0.05, 0) is 43.9 Å². The van der Waals surface area contributed by atoms with Crippen LogP contribution in [-0.2, 0) is 11.0 Å². The number of likely N-dealkylation sites (tertiary alicyclic amines) is 1. The molecule has 0 atom stereocenters. The summed E-state index contributed by atoms with van der Waals surface area (Å²) in [6, 6.07) is 3.26. The minimum Gasteiger partial charge on any atom is -0.339 e. The van der Waals surface area contributed by atoms with E-state index in [0.717, 1.165) is 31.4 Å². The molecule has 2 heterocycles. The van der Waals surface area contributed by atoms with E-state index in [1.54, 1.807) is 4.90 Å². The Morgan fingerprint density at radius 2 is 1.67 bits per heavy atom. The SMILES string of the molecule is O=C(c1cc(N2CCCC2=O)cc(C(F)(F)F)c1)N1CCCCC1. The molecule has 2 saturated heterocycles. The van der Waals surface area contributed by atoms with E-state index in [-0.39, 0.29) is 17.2 Å². The summed E-state index contributed by atoms with van der Waals surface area (Å²) in [6.07, 6.45) is -0.865. The highest BCUT2D eigenvalue weighted by atomic mass is 19.4. The summed E-state index contributed by atoms with van der Waals surface area (Å²) in [6.45, 7) is 1.51. The third-order valence-corrected chi connectivity index (χ3v) is 4.52. The second kappa shape index (κ2) is 6.45. The van der Waals surface area contributed by atoms with Crippen LogP contribution in [0.2, 0.25) is 0 Å². The number of amides is 2. The van der Waals surface area contributed by atoms with Crippen LogP contribution in [0.5, 0.6) is 0 Å². The van der Waals surface area contributed by atoms with Crippen LogP contribution in [0.15, 0.2) is 18.2 Å². The van der Waals surface area contributed by atoms with Crippen molar-refractivity contribution in [2.75, 3.05) is 24.5 Å². The van der Waals surface area contributed by atoms with Crippen LogP contribution in [0.4, 0.5) is 18.9 Å². The fraction of sp³-hybridized carbons (Fsp3) is 0.529. The molecule has 3 rings (SSSR count). The third-order valence-electron chi connectivity index (χ3n) is 4.52. The number of carbonyl (C=O) groups excluding carboxylic acids is 2. The molecule has 0 unspecified atom stereocenters. The molecular formula is C17H19F3N2O2. The lowest BCUT2D eigenvalue weighted by molar-refractivity contribution is -0.137. The van der Waals surface area contributed by atoms with Gasteiger partial charge in [-0.2, -0.15) is 13.2 Å². The Morgan fingerprint density at radius 3 is 2.25 bits per heavy atom. The van der Waals surface area contributed by atoms with Gasteiger partial charge < -0.3 is 9.80 Å². The number of piperidine rings is 1. The zero-order valence-corrected chi connectivity index (χ0v) is 13.2. The minimum absolute atomic E-state index is 0.00132. The van der Waals surface area contributed by atoms with Crippen molar-refractivity contribution in [3.63, 3.8) is 0 Å². The fourth-order valence-electron chi connectivity index (χ4n) is 3.25. The maximum atomic E-state index is 13.2. The molecule has 7 heteroatoms. The van der Waals surface area contributed by atoms with Crippen molar-refractivity contribution in [1.29, 1.82) is 0 Å². The van der Waals surface area contributed by atoms with Gasteiger partial charge in [-0.3, -0.25) is 9.59 Å². The van der Waals surface area contributed by atoms with Crippen molar-refractivity contribution >= 4 is 17.5 Å². The molecule has 1 aromatic carbocycles.